The van der Waals surface area contributed by atoms with Crippen molar-refractivity contribution < 1.29 is 28.0 Å². The van der Waals surface area contributed by atoms with Gasteiger partial charge in [-0.1, -0.05) is 18.2 Å². The molecule has 1 radical (unpaired) electrons. The van der Waals surface area contributed by atoms with Gasteiger partial charge in [0.05, 0.1) is 0 Å². The summed E-state index contributed by atoms with van der Waals surface area (Å²) in [5.74, 6) is -2.18. The molecule has 0 atom stereocenters. The topological polar surface area (TPSA) is 112 Å². The number of carboxylic acid groups (broad SMARTS) is 1. The van der Waals surface area contributed by atoms with Crippen molar-refractivity contribution in [2.75, 3.05) is 0 Å². The smallest absolute Gasteiger partial charge is 0.339 e. The highest BCUT2D eigenvalue weighted by Crippen LogP contribution is 2.32. The van der Waals surface area contributed by atoms with Crippen molar-refractivity contribution in [1.82, 2.24) is 0 Å². The van der Waals surface area contributed by atoms with E-state index in [1.54, 1.807) is 0 Å². The van der Waals surface area contributed by atoms with E-state index >= 15 is 0 Å². The zero-order valence-electron chi connectivity index (χ0n) is 8.82. The summed E-state index contributed by atoms with van der Waals surface area (Å²) < 4.78 is 31.2. The van der Waals surface area contributed by atoms with Gasteiger partial charge in [0.15, 0.2) is 0 Å². The average Bonchev–Trinajstić information content (AvgIpc) is 2.27. The van der Waals surface area contributed by atoms with Crippen LogP contribution in [-0.2, 0) is 15.2 Å². The molecule has 18 heavy (non-hydrogen) atoms. The van der Waals surface area contributed by atoms with E-state index in [2.05, 4.69) is 0 Å². The van der Waals surface area contributed by atoms with Crippen molar-refractivity contribution in [2.45, 2.75) is 4.90 Å². The van der Waals surface area contributed by atoms with Crippen LogP contribution in [0.5, 0.6) is 5.75 Å². The van der Waals surface area contributed by atoms with Crippen LogP contribution in [0.25, 0.3) is 10.8 Å². The van der Waals surface area contributed by atoms with Gasteiger partial charge < -0.3 is 5.11 Å². The maximum atomic E-state index is 11.8. The molecule has 0 heterocycles. The third-order valence-electron chi connectivity index (χ3n) is 2.48. The van der Waals surface area contributed by atoms with Crippen LogP contribution in [0, 0.1) is 0 Å². The summed E-state index contributed by atoms with van der Waals surface area (Å²) in [6, 6.07) is 5.90. The van der Waals surface area contributed by atoms with Gasteiger partial charge in [-0.2, -0.15) is 8.42 Å². The van der Waals surface area contributed by atoms with Crippen LogP contribution in [0.3, 0.4) is 0 Å². The SMILES string of the molecule is [O]c1c(C(=O)O)ccc2c(S(=O)(=O)O)cccc12. The van der Waals surface area contributed by atoms with Gasteiger partial charge in [0.25, 0.3) is 10.1 Å². The summed E-state index contributed by atoms with van der Waals surface area (Å²) in [7, 11) is -4.47. The van der Waals surface area contributed by atoms with E-state index in [9.17, 15) is 18.3 Å². The van der Waals surface area contributed by atoms with Crippen molar-refractivity contribution in [1.29, 1.82) is 0 Å². The second kappa shape index (κ2) is 3.97. The van der Waals surface area contributed by atoms with Crippen molar-refractivity contribution in [3.05, 3.63) is 35.9 Å². The number of hydrogen-bond donors (Lipinski definition) is 2. The Morgan fingerprint density at radius 2 is 1.72 bits per heavy atom. The van der Waals surface area contributed by atoms with Crippen molar-refractivity contribution in [3.8, 4) is 5.75 Å². The zero-order valence-corrected chi connectivity index (χ0v) is 9.64. The van der Waals surface area contributed by atoms with Gasteiger partial charge in [-0.05, 0) is 12.1 Å². The Morgan fingerprint density at radius 3 is 2.28 bits per heavy atom. The molecule has 2 N–H and O–H groups in total. The predicted octanol–water partition coefficient (Wildman–Crippen LogP) is 1.93. The summed E-state index contributed by atoms with van der Waals surface area (Å²) in [4.78, 5) is 10.4. The Labute approximate surface area is 102 Å². The molecule has 0 amide bonds. The molecular weight excluding hydrogens is 260 g/mol. The summed E-state index contributed by atoms with van der Waals surface area (Å²) in [6.45, 7) is 0. The molecule has 0 fully saturated rings. The van der Waals surface area contributed by atoms with Crippen LogP contribution in [0.2, 0.25) is 0 Å². The number of carboxylic acids is 1. The minimum absolute atomic E-state index is 0.00463. The number of hydrogen-bond acceptors (Lipinski definition) is 3. The molecule has 93 valence electrons. The molecule has 2 aromatic rings. The largest absolute Gasteiger partial charge is 0.478 e. The van der Waals surface area contributed by atoms with Crippen LogP contribution in [0.1, 0.15) is 10.4 Å². The van der Waals surface area contributed by atoms with E-state index in [4.69, 9.17) is 9.66 Å². The molecule has 6 nitrogen and oxygen atoms in total. The zero-order chi connectivity index (χ0) is 13.5. The second-order valence-corrected chi connectivity index (χ2v) is 4.96. The normalized spacial score (nSPS) is 11.6. The molecule has 0 spiro atoms. The Bertz CT molecular complexity index is 747. The van der Waals surface area contributed by atoms with Gasteiger partial charge in [-0.15, -0.1) is 0 Å². The van der Waals surface area contributed by atoms with Crippen molar-refractivity contribution in [3.63, 3.8) is 0 Å². The molecule has 0 aliphatic carbocycles. The monoisotopic (exact) mass is 267 g/mol. The Kier molecular flexibility index (Phi) is 2.72. The molecule has 7 heteroatoms. The van der Waals surface area contributed by atoms with Gasteiger partial charge >= 0.3 is 5.97 Å². The second-order valence-electron chi connectivity index (χ2n) is 3.57. The van der Waals surface area contributed by atoms with Crippen LogP contribution in [0.15, 0.2) is 35.2 Å². The fourth-order valence-corrected chi connectivity index (χ4v) is 2.40. The minimum atomic E-state index is -4.47. The van der Waals surface area contributed by atoms with Crippen molar-refractivity contribution >= 4 is 26.9 Å². The molecule has 0 saturated heterocycles. The van der Waals surface area contributed by atoms with E-state index < -0.39 is 32.3 Å². The standard InChI is InChI=1S/C11H7O6S/c12-10-7-2-1-3-9(18(15,16)17)6(7)4-5-8(10)11(13)14/h1-5H,(H,13,14)(H,15,16,17). The summed E-state index contributed by atoms with van der Waals surface area (Å²) in [5.41, 5.74) is -0.449. The molecular formula is C11H7O6S. The van der Waals surface area contributed by atoms with Crippen molar-refractivity contribution in [2.24, 2.45) is 0 Å². The van der Waals surface area contributed by atoms with Gasteiger partial charge in [0.1, 0.15) is 10.5 Å². The van der Waals surface area contributed by atoms with Gasteiger partial charge in [0, 0.05) is 10.8 Å². The Morgan fingerprint density at radius 1 is 1.06 bits per heavy atom. The molecule has 0 aromatic heterocycles. The molecule has 0 bridgehead atoms. The highest BCUT2D eigenvalue weighted by Gasteiger charge is 2.19. The first-order valence-electron chi connectivity index (χ1n) is 4.76. The van der Waals surface area contributed by atoms with Crippen LogP contribution in [-0.4, -0.2) is 24.0 Å². The van der Waals surface area contributed by atoms with E-state index in [1.807, 2.05) is 0 Å². The van der Waals surface area contributed by atoms with Gasteiger partial charge in [-0.3, -0.25) is 9.66 Å². The third kappa shape index (κ3) is 1.89. The molecule has 0 aliphatic rings. The van der Waals surface area contributed by atoms with E-state index in [1.165, 1.54) is 18.2 Å². The first kappa shape index (κ1) is 12.3. The fraction of sp³-hybridized carbons (Fsp3) is 0. The molecule has 0 saturated carbocycles. The number of aromatic carboxylic acids is 1. The van der Waals surface area contributed by atoms with E-state index in [-0.39, 0.29) is 10.8 Å². The lowest BCUT2D eigenvalue weighted by atomic mass is 10.1. The Hall–Kier alpha value is -2.12. The maximum absolute atomic E-state index is 11.8. The highest BCUT2D eigenvalue weighted by atomic mass is 32.2. The molecule has 2 aromatic carbocycles. The summed E-state index contributed by atoms with van der Waals surface area (Å²) in [5, 5.41) is 20.5. The van der Waals surface area contributed by atoms with Crippen LogP contribution < -0.4 is 0 Å². The van der Waals surface area contributed by atoms with E-state index in [0.717, 1.165) is 12.1 Å². The molecule has 0 unspecified atom stereocenters. The quantitative estimate of drug-likeness (QED) is 0.807. The van der Waals surface area contributed by atoms with Crippen LogP contribution in [0.4, 0.5) is 0 Å². The first-order valence-corrected chi connectivity index (χ1v) is 6.20. The highest BCUT2D eigenvalue weighted by molar-refractivity contribution is 7.86. The first-order chi connectivity index (χ1) is 8.32. The fourth-order valence-electron chi connectivity index (χ4n) is 1.69. The number of fused-ring (bicyclic) bond motifs is 1. The minimum Gasteiger partial charge on any atom is -0.478 e. The molecule has 0 aliphatic heterocycles. The summed E-state index contributed by atoms with van der Waals surface area (Å²) >= 11 is 0. The van der Waals surface area contributed by atoms with Gasteiger partial charge in [-0.25, -0.2) is 4.79 Å². The Balaban J connectivity index is 2.92. The lowest BCUT2D eigenvalue weighted by Gasteiger charge is -2.05. The number of carbonyl (C=O) groups is 1. The van der Waals surface area contributed by atoms with Crippen LogP contribution >= 0.6 is 0 Å². The lowest BCUT2D eigenvalue weighted by molar-refractivity contribution is 0.0692. The lowest BCUT2D eigenvalue weighted by Crippen LogP contribution is -2.01. The van der Waals surface area contributed by atoms with Gasteiger partial charge in [0.2, 0.25) is 5.75 Å². The third-order valence-corrected chi connectivity index (χ3v) is 3.39. The summed E-state index contributed by atoms with van der Waals surface area (Å²) in [6.07, 6.45) is 0. The number of benzene rings is 2. The average molecular weight is 267 g/mol. The predicted molar refractivity (Wildman–Crippen MR) is 60.9 cm³/mol. The maximum Gasteiger partial charge on any atom is 0.339 e. The molecule has 2 rings (SSSR count). The van der Waals surface area contributed by atoms with E-state index in [0.29, 0.717) is 0 Å². The number of rotatable bonds is 2.